The predicted molar refractivity (Wildman–Crippen MR) is 96.3 cm³/mol. The number of anilines is 2. The van der Waals surface area contributed by atoms with Gasteiger partial charge in [-0.25, -0.2) is 12.7 Å². The van der Waals surface area contributed by atoms with E-state index in [1.165, 1.54) is 18.2 Å². The van der Waals surface area contributed by atoms with Gasteiger partial charge in [-0.3, -0.25) is 9.59 Å². The Morgan fingerprint density at radius 3 is 2.56 bits per heavy atom. The summed E-state index contributed by atoms with van der Waals surface area (Å²) in [5.74, 6) is -1.76. The van der Waals surface area contributed by atoms with Crippen molar-refractivity contribution in [1.82, 2.24) is 0 Å². The number of nitrogens with zero attached hydrogens (tertiary/aromatic N) is 1. The van der Waals surface area contributed by atoms with Crippen LogP contribution in [-0.4, -0.2) is 26.0 Å². The molecule has 0 radical (unpaired) electrons. The van der Waals surface area contributed by atoms with Crippen molar-refractivity contribution in [3.63, 3.8) is 0 Å². The van der Waals surface area contributed by atoms with Gasteiger partial charge in [0.2, 0.25) is 15.9 Å². The number of hydrogen-bond acceptors (Lipinski definition) is 4. The van der Waals surface area contributed by atoms with Crippen molar-refractivity contribution in [3.05, 3.63) is 59.1 Å². The largest absolute Gasteiger partial charge is 0.322 e. The average molecular weight is 379 g/mol. The van der Waals surface area contributed by atoms with Gasteiger partial charge in [0.05, 0.1) is 17.4 Å². The topological polar surface area (TPSA) is 83.6 Å². The Kier molecular flexibility index (Phi) is 4.53. The highest BCUT2D eigenvalue weighted by Crippen LogP contribution is 2.29. The zero-order valence-electron chi connectivity index (χ0n) is 13.3. The van der Waals surface area contributed by atoms with Gasteiger partial charge in [-0.1, -0.05) is 30.7 Å². The molecular formula is C17H15ClN2O4S. The van der Waals surface area contributed by atoms with Gasteiger partial charge in [-0.15, -0.1) is 0 Å². The van der Waals surface area contributed by atoms with E-state index in [0.717, 1.165) is 4.31 Å². The van der Waals surface area contributed by atoms with Crippen molar-refractivity contribution in [3.8, 4) is 0 Å². The summed E-state index contributed by atoms with van der Waals surface area (Å²) in [6.45, 7) is 1.57. The lowest BCUT2D eigenvalue weighted by atomic mass is 10.1. The Bertz CT molecular complexity index is 959. The molecule has 1 heterocycles. The van der Waals surface area contributed by atoms with Crippen LogP contribution < -0.4 is 9.62 Å². The fourth-order valence-corrected chi connectivity index (χ4v) is 4.63. The van der Waals surface area contributed by atoms with Crippen LogP contribution in [-0.2, 0) is 14.8 Å². The highest BCUT2D eigenvalue weighted by atomic mass is 35.5. The zero-order valence-corrected chi connectivity index (χ0v) is 14.8. The summed E-state index contributed by atoms with van der Waals surface area (Å²) in [4.78, 5) is 24.6. The lowest BCUT2D eigenvalue weighted by molar-refractivity contribution is -0.119. The van der Waals surface area contributed by atoms with Crippen LogP contribution in [0.5, 0.6) is 0 Å². The number of nitrogens with one attached hydrogen (secondary N) is 1. The normalized spacial score (nSPS) is 19.0. The third kappa shape index (κ3) is 3.52. The van der Waals surface area contributed by atoms with Crippen LogP contribution in [0.3, 0.4) is 0 Å². The fraction of sp³-hybridized carbons (Fsp3) is 0.176. The molecule has 1 atom stereocenters. The fourth-order valence-electron chi connectivity index (χ4n) is 2.63. The Balaban J connectivity index is 1.89. The third-order valence-corrected chi connectivity index (χ3v) is 5.89. The first-order valence-corrected chi connectivity index (χ1v) is 9.50. The number of hydrogen-bond donors (Lipinski definition) is 1. The van der Waals surface area contributed by atoms with E-state index in [-0.39, 0.29) is 17.0 Å². The van der Waals surface area contributed by atoms with E-state index >= 15 is 0 Å². The molecule has 0 aromatic heterocycles. The summed E-state index contributed by atoms with van der Waals surface area (Å²) in [6, 6.07) is 12.6. The van der Waals surface area contributed by atoms with E-state index in [9.17, 15) is 18.0 Å². The van der Waals surface area contributed by atoms with Gasteiger partial charge in [0.25, 0.3) is 5.91 Å². The summed E-state index contributed by atoms with van der Waals surface area (Å²) in [5, 5.41) is 3.16. The van der Waals surface area contributed by atoms with Crippen molar-refractivity contribution >= 4 is 44.8 Å². The average Bonchev–Trinajstić information content (AvgIpc) is 2.75. The summed E-state index contributed by atoms with van der Waals surface area (Å²) < 4.78 is 25.1. The van der Waals surface area contributed by atoms with Crippen molar-refractivity contribution in [2.24, 2.45) is 5.92 Å². The predicted octanol–water partition coefficient (Wildman–Crippen LogP) is 2.90. The summed E-state index contributed by atoms with van der Waals surface area (Å²) >= 11 is 5.88. The molecule has 1 aliphatic rings. The minimum Gasteiger partial charge on any atom is -0.322 e. The van der Waals surface area contributed by atoms with Gasteiger partial charge in [0, 0.05) is 16.3 Å². The maximum Gasteiger partial charge on any atom is 0.255 e. The van der Waals surface area contributed by atoms with Gasteiger partial charge in [0.15, 0.2) is 0 Å². The second kappa shape index (κ2) is 6.50. The molecule has 2 aromatic carbocycles. The number of rotatable bonds is 3. The monoisotopic (exact) mass is 378 g/mol. The molecular weight excluding hydrogens is 364 g/mol. The molecule has 1 aliphatic heterocycles. The van der Waals surface area contributed by atoms with E-state index in [0.29, 0.717) is 10.7 Å². The molecule has 6 nitrogen and oxygen atoms in total. The smallest absolute Gasteiger partial charge is 0.255 e. The molecule has 0 bridgehead atoms. The first-order chi connectivity index (χ1) is 11.8. The molecule has 8 heteroatoms. The van der Waals surface area contributed by atoms with Gasteiger partial charge in [-0.2, -0.15) is 0 Å². The van der Waals surface area contributed by atoms with Crippen molar-refractivity contribution < 1.29 is 18.0 Å². The number of sulfonamides is 1. The van der Waals surface area contributed by atoms with Crippen LogP contribution in [0.1, 0.15) is 17.3 Å². The van der Waals surface area contributed by atoms with Gasteiger partial charge >= 0.3 is 0 Å². The minimum absolute atomic E-state index is 0.160. The molecule has 1 N–H and O–H groups in total. The highest BCUT2D eigenvalue weighted by Gasteiger charge is 2.42. The number of amides is 2. The van der Waals surface area contributed by atoms with Crippen molar-refractivity contribution in [1.29, 1.82) is 0 Å². The molecule has 1 fully saturated rings. The molecule has 3 rings (SSSR count). The molecule has 2 amide bonds. The second-order valence-electron chi connectivity index (χ2n) is 5.80. The van der Waals surface area contributed by atoms with E-state index < -0.39 is 27.8 Å². The van der Waals surface area contributed by atoms with Gasteiger partial charge in [0.1, 0.15) is 0 Å². The van der Waals surface area contributed by atoms with Crippen LogP contribution in [0.4, 0.5) is 11.4 Å². The molecule has 0 saturated carbocycles. The van der Waals surface area contributed by atoms with Gasteiger partial charge < -0.3 is 5.32 Å². The van der Waals surface area contributed by atoms with E-state index in [1.807, 2.05) is 0 Å². The maximum absolute atomic E-state index is 12.4. The molecule has 0 aliphatic carbocycles. The van der Waals surface area contributed by atoms with Crippen LogP contribution in [0.2, 0.25) is 5.02 Å². The van der Waals surface area contributed by atoms with Crippen LogP contribution in [0, 0.1) is 5.92 Å². The number of benzene rings is 2. The Morgan fingerprint density at radius 1 is 1.20 bits per heavy atom. The lowest BCUT2D eigenvalue weighted by Gasteiger charge is -2.16. The maximum atomic E-state index is 12.4. The summed E-state index contributed by atoms with van der Waals surface area (Å²) in [5.41, 5.74) is 0.912. The van der Waals surface area contributed by atoms with E-state index in [2.05, 4.69) is 5.32 Å². The number of halogens is 1. The van der Waals surface area contributed by atoms with E-state index in [1.54, 1.807) is 37.3 Å². The summed E-state index contributed by atoms with van der Waals surface area (Å²) in [7, 11) is -3.71. The molecule has 0 unspecified atom stereocenters. The first kappa shape index (κ1) is 17.4. The zero-order chi connectivity index (χ0) is 18.2. The Morgan fingerprint density at radius 2 is 1.92 bits per heavy atom. The van der Waals surface area contributed by atoms with Crippen LogP contribution in [0.15, 0.2) is 48.5 Å². The standard InChI is InChI=1S/C17H15ClN2O4S/c1-11-10-25(23,24)20(17(11)22)15-7-2-4-12(8-15)16(21)19-14-6-3-5-13(18)9-14/h2-9,11H,10H2,1H3,(H,19,21)/t11-/m1/s1. The van der Waals surface area contributed by atoms with Crippen molar-refractivity contribution in [2.45, 2.75) is 6.92 Å². The molecule has 1 saturated heterocycles. The number of carbonyl (C=O) groups excluding carboxylic acids is 2. The number of carbonyl (C=O) groups is 2. The van der Waals surface area contributed by atoms with Crippen LogP contribution in [0.25, 0.3) is 0 Å². The molecule has 130 valence electrons. The molecule has 0 spiro atoms. The van der Waals surface area contributed by atoms with Crippen LogP contribution >= 0.6 is 11.6 Å². The van der Waals surface area contributed by atoms with E-state index in [4.69, 9.17) is 11.6 Å². The SMILES string of the molecule is C[C@@H]1CS(=O)(=O)N(c2cccc(C(=O)Nc3cccc(Cl)c3)c2)C1=O. The second-order valence-corrected chi connectivity index (χ2v) is 8.10. The Hall–Kier alpha value is -2.38. The molecule has 2 aromatic rings. The summed E-state index contributed by atoms with van der Waals surface area (Å²) in [6.07, 6.45) is 0. The lowest BCUT2D eigenvalue weighted by Crippen LogP contribution is -2.30. The third-order valence-electron chi connectivity index (χ3n) is 3.79. The minimum atomic E-state index is -3.71. The Labute approximate surface area is 150 Å². The first-order valence-electron chi connectivity index (χ1n) is 7.52. The highest BCUT2D eigenvalue weighted by molar-refractivity contribution is 7.94. The molecule has 25 heavy (non-hydrogen) atoms. The quantitative estimate of drug-likeness (QED) is 0.890. The van der Waals surface area contributed by atoms with Gasteiger partial charge in [-0.05, 0) is 36.4 Å². The van der Waals surface area contributed by atoms with Crippen molar-refractivity contribution in [2.75, 3.05) is 15.4 Å².